The molecule has 0 fully saturated rings. The van der Waals surface area contributed by atoms with Crippen LogP contribution in [-0.4, -0.2) is 29.7 Å². The van der Waals surface area contributed by atoms with E-state index >= 15 is 0 Å². The number of carbonyl (C=O) groups excluding carboxylic acids is 2. The predicted molar refractivity (Wildman–Crippen MR) is 118 cm³/mol. The molecule has 1 aromatic heterocycles. The third kappa shape index (κ3) is 4.87. The minimum absolute atomic E-state index is 0.426. The van der Waals surface area contributed by atoms with Gasteiger partial charge in [0, 0.05) is 33.3 Å². The molecule has 0 aliphatic carbocycles. The van der Waals surface area contributed by atoms with Crippen LogP contribution in [0, 0.1) is 13.8 Å². The fraction of sp³-hybridized carbons (Fsp3) is 0.136. The first-order valence-corrected chi connectivity index (χ1v) is 9.50. The van der Waals surface area contributed by atoms with Gasteiger partial charge in [-0.25, -0.2) is 5.43 Å². The lowest BCUT2D eigenvalue weighted by molar-refractivity contribution is -0.136. The second kappa shape index (κ2) is 9.28. The van der Waals surface area contributed by atoms with Crippen LogP contribution in [0.15, 0.2) is 59.7 Å². The Morgan fingerprint density at radius 1 is 1.07 bits per heavy atom. The van der Waals surface area contributed by atoms with Crippen LogP contribution in [0.3, 0.4) is 0 Å². The van der Waals surface area contributed by atoms with Crippen LogP contribution in [0.4, 0.5) is 5.69 Å². The third-order valence-electron chi connectivity index (χ3n) is 4.46. The fourth-order valence-electron chi connectivity index (χ4n) is 3.01. The summed E-state index contributed by atoms with van der Waals surface area (Å²) in [6.45, 7) is 3.93. The highest BCUT2D eigenvalue weighted by Gasteiger charge is 2.14. The summed E-state index contributed by atoms with van der Waals surface area (Å²) in [4.78, 5) is 23.9. The Balaban J connectivity index is 1.67. The number of hydrogen-bond acceptors (Lipinski definition) is 4. The maximum Gasteiger partial charge on any atom is 0.329 e. The van der Waals surface area contributed by atoms with Crippen LogP contribution >= 0.6 is 11.6 Å². The van der Waals surface area contributed by atoms with Crippen molar-refractivity contribution in [2.45, 2.75) is 13.8 Å². The molecule has 2 amide bonds. The van der Waals surface area contributed by atoms with Crippen LogP contribution in [0.5, 0.6) is 5.75 Å². The molecule has 3 aromatic rings. The van der Waals surface area contributed by atoms with Gasteiger partial charge in [-0.15, -0.1) is 0 Å². The van der Waals surface area contributed by atoms with Crippen molar-refractivity contribution in [1.82, 2.24) is 9.99 Å². The van der Waals surface area contributed by atoms with Crippen LogP contribution in [0.25, 0.3) is 5.69 Å². The van der Waals surface area contributed by atoms with Crippen molar-refractivity contribution in [3.8, 4) is 11.4 Å². The summed E-state index contributed by atoms with van der Waals surface area (Å²) in [6, 6.07) is 16.2. The van der Waals surface area contributed by atoms with Crippen molar-refractivity contribution >= 4 is 35.3 Å². The smallest absolute Gasteiger partial charge is 0.329 e. The summed E-state index contributed by atoms with van der Waals surface area (Å²) in [5.74, 6) is -0.935. The Morgan fingerprint density at radius 2 is 1.80 bits per heavy atom. The molecule has 1 heterocycles. The Morgan fingerprint density at radius 3 is 2.47 bits per heavy atom. The molecule has 0 saturated heterocycles. The molecule has 3 rings (SSSR count). The number of carbonyl (C=O) groups is 2. The minimum Gasteiger partial charge on any atom is -0.497 e. The lowest BCUT2D eigenvalue weighted by Crippen LogP contribution is -2.32. The van der Waals surface area contributed by atoms with Gasteiger partial charge in [-0.1, -0.05) is 17.7 Å². The number of methoxy groups -OCH3 is 1. The third-order valence-corrected chi connectivity index (χ3v) is 4.69. The van der Waals surface area contributed by atoms with Gasteiger partial charge in [0.2, 0.25) is 0 Å². The van der Waals surface area contributed by atoms with Crippen molar-refractivity contribution in [3.63, 3.8) is 0 Å². The van der Waals surface area contributed by atoms with E-state index in [4.69, 9.17) is 16.3 Å². The highest BCUT2D eigenvalue weighted by molar-refractivity contribution is 6.39. The van der Waals surface area contributed by atoms with E-state index in [-0.39, 0.29) is 0 Å². The summed E-state index contributed by atoms with van der Waals surface area (Å²) in [6.07, 6.45) is 1.51. The van der Waals surface area contributed by atoms with Crippen molar-refractivity contribution in [3.05, 3.63) is 76.6 Å². The maximum atomic E-state index is 12.0. The van der Waals surface area contributed by atoms with E-state index in [1.807, 2.05) is 44.2 Å². The monoisotopic (exact) mass is 424 g/mol. The molecule has 2 aromatic carbocycles. The summed E-state index contributed by atoms with van der Waals surface area (Å²) in [5.41, 5.74) is 6.41. The van der Waals surface area contributed by atoms with Gasteiger partial charge in [-0.3, -0.25) is 9.59 Å². The number of nitrogens with zero attached hydrogens (tertiary/aromatic N) is 2. The number of ether oxygens (including phenoxy) is 1. The highest BCUT2D eigenvalue weighted by Crippen LogP contribution is 2.22. The second-order valence-corrected chi connectivity index (χ2v) is 6.96. The molecule has 2 N–H and O–H groups in total. The number of hydrogen-bond donors (Lipinski definition) is 2. The molecule has 0 atom stereocenters. The van der Waals surface area contributed by atoms with E-state index in [1.54, 1.807) is 31.4 Å². The van der Waals surface area contributed by atoms with Gasteiger partial charge in [0.25, 0.3) is 0 Å². The zero-order chi connectivity index (χ0) is 21.7. The van der Waals surface area contributed by atoms with Crippen LogP contribution < -0.4 is 15.5 Å². The largest absolute Gasteiger partial charge is 0.497 e. The van der Waals surface area contributed by atoms with Gasteiger partial charge < -0.3 is 14.6 Å². The minimum atomic E-state index is -0.879. The van der Waals surface area contributed by atoms with Gasteiger partial charge in [-0.05, 0) is 62.4 Å². The molecule has 0 aliphatic heterocycles. The number of anilines is 1. The van der Waals surface area contributed by atoms with E-state index in [9.17, 15) is 9.59 Å². The average molecular weight is 425 g/mol. The first-order valence-electron chi connectivity index (χ1n) is 9.12. The average Bonchev–Trinajstić information content (AvgIpc) is 3.01. The number of aromatic nitrogens is 1. The summed E-state index contributed by atoms with van der Waals surface area (Å²) >= 11 is 5.86. The van der Waals surface area contributed by atoms with Gasteiger partial charge in [-0.2, -0.15) is 5.10 Å². The molecular formula is C22H21ClN4O3. The number of rotatable bonds is 5. The maximum absolute atomic E-state index is 12.0. The van der Waals surface area contributed by atoms with E-state index in [1.165, 1.54) is 6.21 Å². The standard InChI is InChI=1S/C22H21ClN4O3/c1-14-11-16(15(2)27(14)19-7-9-20(30-3)10-8-19)13-24-26-22(29)21(28)25-18-6-4-5-17(23)12-18/h4-13H,1-3H3,(H,25,28)(H,26,29)/b24-13-. The molecule has 0 aliphatic rings. The molecule has 0 spiro atoms. The van der Waals surface area contributed by atoms with Crippen molar-refractivity contribution in [2.75, 3.05) is 12.4 Å². The molecule has 0 radical (unpaired) electrons. The number of benzene rings is 2. The van der Waals surface area contributed by atoms with Gasteiger partial charge in [0.05, 0.1) is 13.3 Å². The Kier molecular flexibility index (Phi) is 6.54. The number of hydrazone groups is 1. The SMILES string of the molecule is COc1ccc(-n2c(C)cc(/C=N\NC(=O)C(=O)Nc3cccc(Cl)c3)c2C)cc1. The highest BCUT2D eigenvalue weighted by atomic mass is 35.5. The van der Waals surface area contributed by atoms with E-state index < -0.39 is 11.8 Å². The lowest BCUT2D eigenvalue weighted by Gasteiger charge is -2.10. The van der Waals surface area contributed by atoms with Crippen molar-refractivity contribution < 1.29 is 14.3 Å². The molecule has 154 valence electrons. The lowest BCUT2D eigenvalue weighted by atomic mass is 10.2. The number of halogens is 1. The first kappa shape index (κ1) is 21.1. The fourth-order valence-corrected chi connectivity index (χ4v) is 3.20. The zero-order valence-corrected chi connectivity index (χ0v) is 17.5. The van der Waals surface area contributed by atoms with E-state index in [0.717, 1.165) is 28.4 Å². The zero-order valence-electron chi connectivity index (χ0n) is 16.8. The second-order valence-electron chi connectivity index (χ2n) is 6.52. The van der Waals surface area contributed by atoms with Crippen LogP contribution in [0.1, 0.15) is 17.0 Å². The predicted octanol–water partition coefficient (Wildman–Crippen LogP) is 3.84. The topological polar surface area (TPSA) is 84.7 Å². The molecular weight excluding hydrogens is 404 g/mol. The summed E-state index contributed by atoms with van der Waals surface area (Å²) in [7, 11) is 1.62. The van der Waals surface area contributed by atoms with Crippen molar-refractivity contribution in [2.24, 2.45) is 5.10 Å². The van der Waals surface area contributed by atoms with Gasteiger partial charge >= 0.3 is 11.8 Å². The van der Waals surface area contributed by atoms with Gasteiger partial charge in [0.15, 0.2) is 0 Å². The number of aryl methyl sites for hydroxylation is 1. The number of nitrogens with one attached hydrogen (secondary N) is 2. The Bertz CT molecular complexity index is 1100. The van der Waals surface area contributed by atoms with Gasteiger partial charge in [0.1, 0.15) is 5.75 Å². The number of amides is 2. The van der Waals surface area contributed by atoms with E-state index in [0.29, 0.717) is 10.7 Å². The molecule has 0 saturated carbocycles. The molecule has 0 bridgehead atoms. The Labute approximate surface area is 179 Å². The summed E-state index contributed by atoms with van der Waals surface area (Å²) < 4.78 is 7.26. The normalized spacial score (nSPS) is 10.8. The molecule has 0 unspecified atom stereocenters. The van der Waals surface area contributed by atoms with Crippen LogP contribution in [-0.2, 0) is 9.59 Å². The first-order chi connectivity index (χ1) is 14.4. The molecule has 8 heteroatoms. The van der Waals surface area contributed by atoms with Crippen LogP contribution in [0.2, 0.25) is 5.02 Å². The summed E-state index contributed by atoms with van der Waals surface area (Å²) in [5, 5.41) is 6.83. The Hall–Kier alpha value is -3.58. The molecule has 7 nitrogen and oxygen atoms in total. The quantitative estimate of drug-likeness (QED) is 0.370. The van der Waals surface area contributed by atoms with Crippen molar-refractivity contribution in [1.29, 1.82) is 0 Å². The molecule has 30 heavy (non-hydrogen) atoms. The van der Waals surface area contributed by atoms with E-state index in [2.05, 4.69) is 20.4 Å².